The van der Waals surface area contributed by atoms with Crippen molar-refractivity contribution in [3.63, 3.8) is 0 Å². The molecular formula is C17H21F3N6O4. The molecule has 10 nitrogen and oxygen atoms in total. The van der Waals surface area contributed by atoms with Crippen LogP contribution >= 0.6 is 0 Å². The van der Waals surface area contributed by atoms with Gasteiger partial charge in [-0.25, -0.2) is 9.59 Å². The third kappa shape index (κ3) is 5.20. The van der Waals surface area contributed by atoms with Gasteiger partial charge in [-0.1, -0.05) is 5.92 Å². The molecule has 3 rings (SSSR count). The van der Waals surface area contributed by atoms with Crippen LogP contribution in [-0.2, 0) is 18.4 Å². The van der Waals surface area contributed by atoms with Gasteiger partial charge in [-0.05, 0) is 19.9 Å². The third-order valence-electron chi connectivity index (χ3n) is 4.27. The molecule has 13 heteroatoms. The van der Waals surface area contributed by atoms with Crippen LogP contribution in [0.1, 0.15) is 13.3 Å². The van der Waals surface area contributed by atoms with Crippen molar-refractivity contribution < 1.29 is 23.1 Å². The number of hydrogen-bond donors (Lipinski definition) is 3. The lowest BCUT2D eigenvalue weighted by molar-refractivity contribution is -0.192. The number of aliphatic carboxylic acids is 1. The zero-order chi connectivity index (χ0) is 22.5. The number of aromatic nitrogens is 4. The predicted octanol–water partition coefficient (Wildman–Crippen LogP) is -0.120. The maximum Gasteiger partial charge on any atom is 0.490 e. The molecule has 0 saturated carbocycles. The molecule has 0 aromatic carbocycles. The first-order chi connectivity index (χ1) is 14.1. The number of carboxylic acid groups (broad SMARTS) is 1. The molecule has 2 aromatic heterocycles. The predicted molar refractivity (Wildman–Crippen MR) is 102 cm³/mol. The molecule has 1 aliphatic rings. The van der Waals surface area contributed by atoms with E-state index in [0.29, 0.717) is 23.7 Å². The highest BCUT2D eigenvalue weighted by Gasteiger charge is 2.38. The SMILES string of the molecule is CC#CCn1c(N2CCCNCC2)nc2c1c(=O)[nH]c(=O)n2C.O=C(O)C(F)(F)F. The van der Waals surface area contributed by atoms with Crippen molar-refractivity contribution in [2.45, 2.75) is 26.1 Å². The Morgan fingerprint density at radius 1 is 1.27 bits per heavy atom. The Labute approximate surface area is 168 Å². The number of aryl methyl sites for hydroxylation is 1. The highest BCUT2D eigenvalue weighted by Crippen LogP contribution is 2.19. The first kappa shape index (κ1) is 23.0. The number of alkyl halides is 3. The van der Waals surface area contributed by atoms with Gasteiger partial charge in [0.25, 0.3) is 5.56 Å². The van der Waals surface area contributed by atoms with Gasteiger partial charge in [0.05, 0.1) is 6.54 Å². The van der Waals surface area contributed by atoms with Gasteiger partial charge in [-0.3, -0.25) is 18.9 Å². The van der Waals surface area contributed by atoms with E-state index in [2.05, 4.69) is 32.0 Å². The monoisotopic (exact) mass is 430 g/mol. The fraction of sp³-hybridized carbons (Fsp3) is 0.529. The van der Waals surface area contributed by atoms with Crippen LogP contribution in [0.3, 0.4) is 0 Å². The minimum atomic E-state index is -5.08. The number of halogens is 3. The minimum Gasteiger partial charge on any atom is -0.475 e. The van der Waals surface area contributed by atoms with E-state index in [0.717, 1.165) is 32.6 Å². The van der Waals surface area contributed by atoms with Crippen LogP contribution in [0, 0.1) is 11.8 Å². The highest BCUT2D eigenvalue weighted by atomic mass is 19.4. The molecule has 1 aliphatic heterocycles. The molecular weight excluding hydrogens is 409 g/mol. The number of rotatable bonds is 2. The number of H-pyrrole nitrogens is 1. The summed E-state index contributed by atoms with van der Waals surface area (Å²) in [5, 5.41) is 10.5. The summed E-state index contributed by atoms with van der Waals surface area (Å²) in [7, 11) is 1.61. The summed E-state index contributed by atoms with van der Waals surface area (Å²) in [4.78, 5) is 42.1. The fourth-order valence-electron chi connectivity index (χ4n) is 2.82. The lowest BCUT2D eigenvalue weighted by Gasteiger charge is -2.21. The number of hydrogen-bond acceptors (Lipinski definition) is 6. The molecule has 0 amide bonds. The number of aromatic amines is 1. The van der Waals surface area contributed by atoms with Crippen LogP contribution < -0.4 is 21.5 Å². The topological polar surface area (TPSA) is 125 Å². The van der Waals surface area contributed by atoms with E-state index in [1.54, 1.807) is 18.5 Å². The van der Waals surface area contributed by atoms with Gasteiger partial charge in [0, 0.05) is 26.7 Å². The maximum absolute atomic E-state index is 12.3. The van der Waals surface area contributed by atoms with E-state index >= 15 is 0 Å². The molecule has 0 atom stereocenters. The lowest BCUT2D eigenvalue weighted by Crippen LogP contribution is -2.31. The fourth-order valence-corrected chi connectivity index (χ4v) is 2.82. The summed E-state index contributed by atoms with van der Waals surface area (Å²) in [5.41, 5.74) is -0.101. The van der Waals surface area contributed by atoms with Crippen LogP contribution in [0.4, 0.5) is 19.1 Å². The van der Waals surface area contributed by atoms with E-state index in [-0.39, 0.29) is 0 Å². The molecule has 30 heavy (non-hydrogen) atoms. The number of anilines is 1. The quantitative estimate of drug-likeness (QED) is 0.567. The maximum atomic E-state index is 12.3. The van der Waals surface area contributed by atoms with E-state index in [1.807, 2.05) is 0 Å². The second kappa shape index (κ2) is 9.49. The largest absolute Gasteiger partial charge is 0.490 e. The summed E-state index contributed by atoms with van der Waals surface area (Å²) in [5.74, 6) is 3.77. The average molecular weight is 430 g/mol. The standard InChI is InChI=1S/C15H20N6O2.C2HF3O2/c1-3-4-9-21-11-12(19(2)15(23)18-13(11)22)17-14(21)20-8-5-6-16-7-10-20;3-2(4,5)1(6)7/h16H,5-10H2,1-2H3,(H,18,22,23);(H,6,7). The van der Waals surface area contributed by atoms with Crippen LogP contribution in [0.15, 0.2) is 9.59 Å². The molecule has 1 fully saturated rings. The zero-order valence-electron chi connectivity index (χ0n) is 16.3. The Hall–Kier alpha value is -3.27. The molecule has 1 saturated heterocycles. The number of imidazole rings is 1. The second-order valence-corrected chi connectivity index (χ2v) is 6.31. The summed E-state index contributed by atoms with van der Waals surface area (Å²) in [6, 6.07) is 0. The van der Waals surface area contributed by atoms with Crippen LogP contribution in [0.5, 0.6) is 0 Å². The summed E-state index contributed by atoms with van der Waals surface area (Å²) >= 11 is 0. The molecule has 164 valence electrons. The Morgan fingerprint density at radius 3 is 2.53 bits per heavy atom. The Morgan fingerprint density at radius 2 is 1.93 bits per heavy atom. The minimum absolute atomic E-state index is 0.369. The molecule has 0 aliphatic carbocycles. The summed E-state index contributed by atoms with van der Waals surface area (Å²) in [6.45, 7) is 5.60. The lowest BCUT2D eigenvalue weighted by atomic mass is 10.4. The van der Waals surface area contributed by atoms with Gasteiger partial charge in [-0.2, -0.15) is 18.2 Å². The second-order valence-electron chi connectivity index (χ2n) is 6.31. The Kier molecular flexibility index (Phi) is 7.28. The number of carboxylic acids is 1. The van der Waals surface area contributed by atoms with Crippen molar-refractivity contribution >= 4 is 23.1 Å². The van der Waals surface area contributed by atoms with Crippen LogP contribution in [0.2, 0.25) is 0 Å². The van der Waals surface area contributed by atoms with E-state index in [4.69, 9.17) is 9.90 Å². The normalized spacial score (nSPS) is 14.4. The average Bonchev–Trinajstić information content (AvgIpc) is 2.85. The van der Waals surface area contributed by atoms with E-state index in [1.165, 1.54) is 4.57 Å². The number of fused-ring (bicyclic) bond motifs is 1. The van der Waals surface area contributed by atoms with Gasteiger partial charge in [-0.15, -0.1) is 5.92 Å². The first-order valence-corrected chi connectivity index (χ1v) is 8.92. The van der Waals surface area contributed by atoms with Crippen molar-refractivity contribution in [2.75, 3.05) is 31.1 Å². The van der Waals surface area contributed by atoms with Gasteiger partial charge < -0.3 is 15.3 Å². The number of nitrogens with one attached hydrogen (secondary N) is 2. The summed E-state index contributed by atoms with van der Waals surface area (Å²) in [6.07, 6.45) is -4.09. The third-order valence-corrected chi connectivity index (χ3v) is 4.27. The molecule has 0 bridgehead atoms. The van der Waals surface area contributed by atoms with Crippen LogP contribution in [0.25, 0.3) is 11.2 Å². The van der Waals surface area contributed by atoms with Crippen molar-refractivity contribution in [3.05, 3.63) is 20.8 Å². The van der Waals surface area contributed by atoms with Crippen LogP contribution in [-0.4, -0.2) is 62.5 Å². The van der Waals surface area contributed by atoms with Gasteiger partial charge >= 0.3 is 17.8 Å². The smallest absolute Gasteiger partial charge is 0.475 e. The summed E-state index contributed by atoms with van der Waals surface area (Å²) < 4.78 is 34.9. The van der Waals surface area contributed by atoms with Crippen molar-refractivity contribution in [3.8, 4) is 11.8 Å². The molecule has 3 heterocycles. The molecule has 2 aromatic rings. The van der Waals surface area contributed by atoms with Gasteiger partial charge in [0.15, 0.2) is 11.2 Å². The first-order valence-electron chi connectivity index (χ1n) is 8.92. The van der Waals surface area contributed by atoms with E-state index in [9.17, 15) is 22.8 Å². The molecule has 0 unspecified atom stereocenters. The van der Waals surface area contributed by atoms with Gasteiger partial charge in [0.2, 0.25) is 5.95 Å². The number of carbonyl (C=O) groups is 1. The van der Waals surface area contributed by atoms with Crippen molar-refractivity contribution in [1.29, 1.82) is 0 Å². The zero-order valence-corrected chi connectivity index (χ0v) is 16.3. The van der Waals surface area contributed by atoms with E-state index < -0.39 is 23.4 Å². The van der Waals surface area contributed by atoms with Crippen molar-refractivity contribution in [1.82, 2.24) is 24.4 Å². The molecule has 0 spiro atoms. The Bertz CT molecular complexity index is 1080. The molecule has 0 radical (unpaired) electrons. The highest BCUT2D eigenvalue weighted by molar-refractivity contribution is 5.74. The Balaban J connectivity index is 0.000000396. The van der Waals surface area contributed by atoms with Gasteiger partial charge in [0.1, 0.15) is 0 Å². The molecule has 3 N–H and O–H groups in total. The number of nitrogens with zero attached hydrogens (tertiary/aromatic N) is 4. The van der Waals surface area contributed by atoms with Crippen molar-refractivity contribution in [2.24, 2.45) is 7.05 Å².